The van der Waals surface area contributed by atoms with E-state index in [9.17, 15) is 0 Å². The molecule has 0 aromatic heterocycles. The molecule has 1 aromatic rings. The molecular weight excluding hydrogens is 305 g/mol. The summed E-state index contributed by atoms with van der Waals surface area (Å²) in [6.07, 6.45) is 4.09. The average molecular weight is 328 g/mol. The van der Waals surface area contributed by atoms with Crippen LogP contribution in [0.5, 0.6) is 0 Å². The Balaban J connectivity index is 0.00000110. The smallest absolute Gasteiger partial charge is 0.0991 e. The van der Waals surface area contributed by atoms with Crippen molar-refractivity contribution < 1.29 is 0 Å². The molecule has 2 aliphatic rings. The molecule has 21 heavy (non-hydrogen) atoms. The Kier molecular flexibility index (Phi) is 7.48. The van der Waals surface area contributed by atoms with E-state index >= 15 is 0 Å². The van der Waals surface area contributed by atoms with Crippen molar-refractivity contribution in [1.29, 1.82) is 5.26 Å². The van der Waals surface area contributed by atoms with Crippen LogP contribution in [0.1, 0.15) is 36.4 Å². The standard InChI is InChI=1S/C16H21N3.2ClH/c17-12-14-3-5-15(6-4-14)16(11-13-1-2-13)19-9-7-18-8-10-19;;/h3-6,13,16,18H,1-2,7-11H2;2*1H/t16-;;/m1../s1. The number of piperazine rings is 1. The van der Waals surface area contributed by atoms with E-state index in [1.807, 2.05) is 12.1 Å². The molecule has 1 saturated carbocycles. The first-order valence-electron chi connectivity index (χ1n) is 7.31. The lowest BCUT2D eigenvalue weighted by atomic mass is 9.98. The zero-order chi connectivity index (χ0) is 13.1. The van der Waals surface area contributed by atoms with Gasteiger partial charge in [-0.3, -0.25) is 4.90 Å². The minimum absolute atomic E-state index is 0. The van der Waals surface area contributed by atoms with E-state index in [-0.39, 0.29) is 24.8 Å². The van der Waals surface area contributed by atoms with Crippen LogP contribution < -0.4 is 5.32 Å². The van der Waals surface area contributed by atoms with Crippen LogP contribution >= 0.6 is 24.8 Å². The van der Waals surface area contributed by atoms with Gasteiger partial charge in [-0.2, -0.15) is 5.26 Å². The molecule has 2 fully saturated rings. The molecule has 0 bridgehead atoms. The molecule has 3 nitrogen and oxygen atoms in total. The highest BCUT2D eigenvalue weighted by atomic mass is 35.5. The number of halogens is 2. The Labute approximate surface area is 139 Å². The maximum atomic E-state index is 8.90. The molecule has 1 saturated heterocycles. The molecule has 1 N–H and O–H groups in total. The van der Waals surface area contributed by atoms with E-state index in [4.69, 9.17) is 5.26 Å². The lowest BCUT2D eigenvalue weighted by Gasteiger charge is -2.35. The number of nitriles is 1. The number of nitrogens with zero attached hydrogens (tertiary/aromatic N) is 2. The largest absolute Gasteiger partial charge is 0.314 e. The summed E-state index contributed by atoms with van der Waals surface area (Å²) >= 11 is 0. The van der Waals surface area contributed by atoms with Gasteiger partial charge in [0.05, 0.1) is 11.6 Å². The molecule has 1 atom stereocenters. The molecule has 1 aliphatic carbocycles. The minimum atomic E-state index is 0. The van der Waals surface area contributed by atoms with E-state index < -0.39 is 0 Å². The highest BCUT2D eigenvalue weighted by Gasteiger charge is 2.30. The van der Waals surface area contributed by atoms with Gasteiger partial charge in [0, 0.05) is 32.2 Å². The number of benzene rings is 1. The second-order valence-electron chi connectivity index (χ2n) is 5.71. The first-order valence-corrected chi connectivity index (χ1v) is 7.31. The SMILES string of the molecule is Cl.Cl.N#Cc1ccc([C@@H](CC2CC2)N2CCNCC2)cc1. The van der Waals surface area contributed by atoms with Crippen molar-refractivity contribution in [2.75, 3.05) is 26.2 Å². The summed E-state index contributed by atoms with van der Waals surface area (Å²) in [4.78, 5) is 2.61. The van der Waals surface area contributed by atoms with Gasteiger partial charge in [0.2, 0.25) is 0 Å². The summed E-state index contributed by atoms with van der Waals surface area (Å²) in [5, 5.41) is 12.3. The maximum absolute atomic E-state index is 8.90. The van der Waals surface area contributed by atoms with Gasteiger partial charge < -0.3 is 5.32 Å². The van der Waals surface area contributed by atoms with Crippen LogP contribution in [0.3, 0.4) is 0 Å². The van der Waals surface area contributed by atoms with Gasteiger partial charge in [-0.1, -0.05) is 25.0 Å². The molecule has 1 aliphatic heterocycles. The van der Waals surface area contributed by atoms with Gasteiger partial charge in [0.1, 0.15) is 0 Å². The first kappa shape index (κ1) is 18.3. The summed E-state index contributed by atoms with van der Waals surface area (Å²) in [6, 6.07) is 11.0. The lowest BCUT2D eigenvalue weighted by molar-refractivity contribution is 0.160. The van der Waals surface area contributed by atoms with Gasteiger partial charge in [0.15, 0.2) is 0 Å². The number of nitrogens with one attached hydrogen (secondary N) is 1. The summed E-state index contributed by atoms with van der Waals surface area (Å²) in [5.74, 6) is 0.926. The van der Waals surface area contributed by atoms with E-state index in [2.05, 4.69) is 28.4 Å². The van der Waals surface area contributed by atoms with Crippen molar-refractivity contribution in [3.63, 3.8) is 0 Å². The molecule has 5 heteroatoms. The molecule has 116 valence electrons. The third kappa shape index (κ3) is 4.86. The summed E-state index contributed by atoms with van der Waals surface area (Å²) < 4.78 is 0. The zero-order valence-electron chi connectivity index (χ0n) is 12.1. The Morgan fingerprint density at radius 1 is 1.14 bits per heavy atom. The van der Waals surface area contributed by atoms with Gasteiger partial charge in [-0.05, 0) is 30.0 Å². The highest BCUT2D eigenvalue weighted by Crippen LogP contribution is 2.40. The Bertz CT molecular complexity index is 459. The van der Waals surface area contributed by atoms with E-state index in [1.165, 1.54) is 24.8 Å². The second kappa shape index (κ2) is 8.60. The maximum Gasteiger partial charge on any atom is 0.0991 e. The van der Waals surface area contributed by atoms with Crippen LogP contribution in [0.25, 0.3) is 0 Å². The van der Waals surface area contributed by atoms with Crippen LogP contribution in [-0.4, -0.2) is 31.1 Å². The van der Waals surface area contributed by atoms with Gasteiger partial charge in [-0.25, -0.2) is 0 Å². The molecule has 0 unspecified atom stereocenters. The number of hydrogen-bond donors (Lipinski definition) is 1. The zero-order valence-corrected chi connectivity index (χ0v) is 13.8. The monoisotopic (exact) mass is 327 g/mol. The van der Waals surface area contributed by atoms with Gasteiger partial charge >= 0.3 is 0 Å². The van der Waals surface area contributed by atoms with Crippen molar-refractivity contribution in [2.24, 2.45) is 5.92 Å². The normalized spacial score (nSPS) is 19.8. The third-order valence-corrected chi connectivity index (χ3v) is 4.27. The summed E-state index contributed by atoms with van der Waals surface area (Å²) in [6.45, 7) is 4.46. The molecule has 1 aromatic carbocycles. The van der Waals surface area contributed by atoms with Gasteiger partial charge in [-0.15, -0.1) is 24.8 Å². The van der Waals surface area contributed by atoms with E-state index in [0.717, 1.165) is 37.7 Å². The lowest BCUT2D eigenvalue weighted by Crippen LogP contribution is -2.45. The van der Waals surface area contributed by atoms with E-state index in [0.29, 0.717) is 6.04 Å². The molecule has 3 rings (SSSR count). The van der Waals surface area contributed by atoms with Crippen molar-refractivity contribution in [3.8, 4) is 6.07 Å². The molecule has 0 radical (unpaired) electrons. The molecular formula is C16H23Cl2N3. The van der Waals surface area contributed by atoms with Crippen LogP contribution in [0, 0.1) is 17.2 Å². The van der Waals surface area contributed by atoms with Crippen LogP contribution in [0.15, 0.2) is 24.3 Å². The third-order valence-electron chi connectivity index (χ3n) is 4.27. The fraction of sp³-hybridized carbons (Fsp3) is 0.562. The molecule has 0 amide bonds. The second-order valence-corrected chi connectivity index (χ2v) is 5.71. The molecule has 0 spiro atoms. The quantitative estimate of drug-likeness (QED) is 0.923. The first-order chi connectivity index (χ1) is 9.36. The number of rotatable bonds is 4. The van der Waals surface area contributed by atoms with Gasteiger partial charge in [0.25, 0.3) is 0 Å². The Morgan fingerprint density at radius 2 is 1.76 bits per heavy atom. The molecule has 1 heterocycles. The van der Waals surface area contributed by atoms with E-state index in [1.54, 1.807) is 0 Å². The topological polar surface area (TPSA) is 39.1 Å². The van der Waals surface area contributed by atoms with Crippen molar-refractivity contribution in [2.45, 2.75) is 25.3 Å². The van der Waals surface area contributed by atoms with Crippen LogP contribution in [0.4, 0.5) is 0 Å². The predicted molar refractivity (Wildman–Crippen MR) is 90.2 cm³/mol. The number of hydrogen-bond acceptors (Lipinski definition) is 3. The predicted octanol–water partition coefficient (Wildman–Crippen LogP) is 3.15. The highest BCUT2D eigenvalue weighted by molar-refractivity contribution is 5.85. The van der Waals surface area contributed by atoms with Crippen molar-refractivity contribution >= 4 is 24.8 Å². The van der Waals surface area contributed by atoms with Crippen LogP contribution in [-0.2, 0) is 0 Å². The summed E-state index contributed by atoms with van der Waals surface area (Å²) in [5.41, 5.74) is 2.14. The van der Waals surface area contributed by atoms with Crippen LogP contribution in [0.2, 0.25) is 0 Å². The Morgan fingerprint density at radius 3 is 2.29 bits per heavy atom. The Hall–Kier alpha value is -0.790. The van der Waals surface area contributed by atoms with Crippen molar-refractivity contribution in [3.05, 3.63) is 35.4 Å². The fourth-order valence-corrected chi connectivity index (χ4v) is 2.94. The average Bonchev–Trinajstić information content (AvgIpc) is 3.30. The fourth-order valence-electron chi connectivity index (χ4n) is 2.94. The summed E-state index contributed by atoms with van der Waals surface area (Å²) in [7, 11) is 0. The van der Waals surface area contributed by atoms with Crippen molar-refractivity contribution in [1.82, 2.24) is 10.2 Å². The minimum Gasteiger partial charge on any atom is -0.314 e.